The van der Waals surface area contributed by atoms with Crippen molar-refractivity contribution in [2.45, 2.75) is 11.2 Å². The number of fused-ring (bicyclic) bond motifs is 2. The van der Waals surface area contributed by atoms with Crippen molar-refractivity contribution in [2.75, 3.05) is 0 Å². The van der Waals surface area contributed by atoms with Gasteiger partial charge in [-0.15, -0.1) is 0 Å². The largest absolute Gasteiger partial charge is 0.481 e. The van der Waals surface area contributed by atoms with Crippen LogP contribution in [0.15, 0.2) is 42.5 Å². The van der Waals surface area contributed by atoms with Crippen molar-refractivity contribution in [1.82, 2.24) is 0 Å². The van der Waals surface area contributed by atoms with Crippen LogP contribution in [-0.4, -0.2) is 11.1 Å². The van der Waals surface area contributed by atoms with Crippen molar-refractivity contribution in [3.63, 3.8) is 0 Å². The number of carbonyl (C=O) groups is 1. The van der Waals surface area contributed by atoms with E-state index in [1.165, 1.54) is 16.7 Å². The summed E-state index contributed by atoms with van der Waals surface area (Å²) in [6.07, 6.45) is 4.20. The van der Waals surface area contributed by atoms with Gasteiger partial charge in [-0.3, -0.25) is 4.79 Å². The molecule has 1 aliphatic carbocycles. The van der Waals surface area contributed by atoms with Gasteiger partial charge in [-0.25, -0.2) is 0 Å². The zero-order valence-corrected chi connectivity index (χ0v) is 12.3. The molecular weight excluding hydrogens is 316 g/mol. The maximum atomic E-state index is 10.8. The van der Waals surface area contributed by atoms with Gasteiger partial charge in [0.05, 0.1) is 11.2 Å². The fraction of sp³-hybridized carbons (Fsp3) is 0.118. The fourth-order valence-electron chi connectivity index (χ4n) is 2.52. The normalized spacial score (nSPS) is 16.1. The molecular formula is C17H13BrO2. The van der Waals surface area contributed by atoms with E-state index in [2.05, 4.69) is 40.2 Å². The summed E-state index contributed by atoms with van der Waals surface area (Å²) in [5.74, 6) is -0.804. The first kappa shape index (κ1) is 13.1. The Morgan fingerprint density at radius 2 is 1.75 bits per heavy atom. The third-order valence-corrected chi connectivity index (χ3v) is 4.48. The molecule has 1 unspecified atom stereocenters. The molecule has 0 aliphatic heterocycles. The monoisotopic (exact) mass is 328 g/mol. The highest BCUT2D eigenvalue weighted by atomic mass is 79.9. The van der Waals surface area contributed by atoms with Crippen molar-refractivity contribution in [3.8, 4) is 0 Å². The van der Waals surface area contributed by atoms with Gasteiger partial charge < -0.3 is 5.11 Å². The first-order chi connectivity index (χ1) is 9.65. The Kier molecular flexibility index (Phi) is 3.45. The molecule has 1 N–H and O–H groups in total. The molecule has 0 bridgehead atoms. The first-order valence-electron chi connectivity index (χ1n) is 6.41. The Hall–Kier alpha value is -1.87. The van der Waals surface area contributed by atoms with Gasteiger partial charge in [0.15, 0.2) is 0 Å². The highest BCUT2D eigenvalue weighted by Crippen LogP contribution is 2.38. The van der Waals surface area contributed by atoms with Gasteiger partial charge in [0.25, 0.3) is 0 Å². The summed E-state index contributed by atoms with van der Waals surface area (Å²) in [6.45, 7) is 0. The molecule has 3 heteroatoms. The molecule has 0 spiro atoms. The van der Waals surface area contributed by atoms with Crippen molar-refractivity contribution >= 4 is 34.1 Å². The molecule has 0 amide bonds. The van der Waals surface area contributed by atoms with E-state index in [-0.39, 0.29) is 11.2 Å². The van der Waals surface area contributed by atoms with Crippen LogP contribution in [0.3, 0.4) is 0 Å². The second kappa shape index (κ2) is 5.25. The molecule has 1 atom stereocenters. The number of carboxylic acids is 1. The van der Waals surface area contributed by atoms with Crippen LogP contribution in [0.2, 0.25) is 0 Å². The lowest BCUT2D eigenvalue weighted by atomic mass is 9.97. The van der Waals surface area contributed by atoms with Crippen LogP contribution in [0.5, 0.6) is 0 Å². The number of benzene rings is 2. The van der Waals surface area contributed by atoms with Crippen molar-refractivity contribution in [1.29, 1.82) is 0 Å². The SMILES string of the molecule is O=C(O)Cc1ccc2c(c1)C=Cc1ccccc1C2Br. The standard InChI is InChI=1S/C17H13BrO2/c18-17-14-4-2-1-3-12(14)6-7-13-9-11(10-16(19)20)5-8-15(13)17/h1-9,17H,10H2,(H,19,20). The first-order valence-corrected chi connectivity index (χ1v) is 7.32. The third-order valence-electron chi connectivity index (χ3n) is 3.49. The molecule has 2 aromatic rings. The second-order valence-corrected chi connectivity index (χ2v) is 5.77. The minimum atomic E-state index is -0.804. The van der Waals surface area contributed by atoms with E-state index in [9.17, 15) is 4.79 Å². The van der Waals surface area contributed by atoms with Crippen LogP contribution in [0, 0.1) is 0 Å². The highest BCUT2D eigenvalue weighted by molar-refractivity contribution is 9.09. The van der Waals surface area contributed by atoms with Gasteiger partial charge in [0, 0.05) is 0 Å². The number of aliphatic carboxylic acids is 1. The minimum absolute atomic E-state index is 0.0566. The predicted molar refractivity (Wildman–Crippen MR) is 83.9 cm³/mol. The molecule has 1 aliphatic rings. The molecule has 3 rings (SSSR count). The zero-order valence-electron chi connectivity index (χ0n) is 10.7. The Morgan fingerprint density at radius 3 is 2.55 bits per heavy atom. The van der Waals surface area contributed by atoms with Crippen LogP contribution in [0.25, 0.3) is 12.2 Å². The summed E-state index contributed by atoms with van der Waals surface area (Å²) >= 11 is 3.75. The zero-order chi connectivity index (χ0) is 14.1. The van der Waals surface area contributed by atoms with E-state index in [4.69, 9.17) is 5.11 Å². The highest BCUT2D eigenvalue weighted by Gasteiger charge is 2.18. The number of hydrogen-bond acceptors (Lipinski definition) is 1. The van der Waals surface area contributed by atoms with Crippen molar-refractivity contribution < 1.29 is 9.90 Å². The maximum absolute atomic E-state index is 10.8. The van der Waals surface area contributed by atoms with Gasteiger partial charge >= 0.3 is 5.97 Å². The molecule has 2 nitrogen and oxygen atoms in total. The molecule has 0 saturated heterocycles. The predicted octanol–water partition coefficient (Wildman–Crippen LogP) is 4.28. The molecule has 0 saturated carbocycles. The van der Waals surface area contributed by atoms with E-state index in [0.29, 0.717) is 0 Å². The Morgan fingerprint density at radius 1 is 1.05 bits per heavy atom. The summed E-state index contributed by atoms with van der Waals surface area (Å²) < 4.78 is 0. The van der Waals surface area contributed by atoms with E-state index >= 15 is 0 Å². The van der Waals surface area contributed by atoms with E-state index < -0.39 is 5.97 Å². The van der Waals surface area contributed by atoms with Crippen LogP contribution in [0.4, 0.5) is 0 Å². The Balaban J connectivity index is 2.09. The molecule has 100 valence electrons. The van der Waals surface area contributed by atoms with Gasteiger partial charge in [-0.2, -0.15) is 0 Å². The molecule has 20 heavy (non-hydrogen) atoms. The summed E-state index contributed by atoms with van der Waals surface area (Å²) in [7, 11) is 0. The van der Waals surface area contributed by atoms with Crippen LogP contribution < -0.4 is 0 Å². The summed E-state index contributed by atoms with van der Waals surface area (Å²) in [4.78, 5) is 10.9. The van der Waals surface area contributed by atoms with Gasteiger partial charge in [-0.1, -0.05) is 70.5 Å². The average molecular weight is 329 g/mol. The number of carboxylic acid groups (broad SMARTS) is 1. The van der Waals surface area contributed by atoms with Gasteiger partial charge in [0.2, 0.25) is 0 Å². The smallest absolute Gasteiger partial charge is 0.307 e. The number of hydrogen-bond donors (Lipinski definition) is 1. The molecule has 0 radical (unpaired) electrons. The summed E-state index contributed by atoms with van der Waals surface area (Å²) in [5, 5.41) is 8.89. The molecule has 0 heterocycles. The lowest BCUT2D eigenvalue weighted by molar-refractivity contribution is -0.136. The van der Waals surface area contributed by atoms with E-state index in [1.54, 1.807) is 0 Å². The topological polar surface area (TPSA) is 37.3 Å². The fourth-order valence-corrected chi connectivity index (χ4v) is 3.36. The summed E-state index contributed by atoms with van der Waals surface area (Å²) in [6, 6.07) is 14.1. The minimum Gasteiger partial charge on any atom is -0.481 e. The lowest BCUT2D eigenvalue weighted by Gasteiger charge is -2.14. The average Bonchev–Trinajstić information content (AvgIpc) is 2.57. The van der Waals surface area contributed by atoms with Crippen LogP contribution in [-0.2, 0) is 11.2 Å². The molecule has 0 aromatic heterocycles. The number of halogens is 1. The van der Waals surface area contributed by atoms with Crippen LogP contribution in [0.1, 0.15) is 32.6 Å². The number of alkyl halides is 1. The third kappa shape index (κ3) is 2.41. The quantitative estimate of drug-likeness (QED) is 0.835. The number of rotatable bonds is 2. The Bertz CT molecular complexity index is 704. The maximum Gasteiger partial charge on any atom is 0.307 e. The van der Waals surface area contributed by atoms with Gasteiger partial charge in [-0.05, 0) is 27.8 Å². The molecule has 2 aromatic carbocycles. The van der Waals surface area contributed by atoms with Crippen LogP contribution >= 0.6 is 15.9 Å². The van der Waals surface area contributed by atoms with Gasteiger partial charge in [0.1, 0.15) is 0 Å². The second-order valence-electron chi connectivity index (χ2n) is 4.86. The molecule has 0 fully saturated rings. The van der Waals surface area contributed by atoms with Crippen molar-refractivity contribution in [3.05, 3.63) is 70.3 Å². The lowest BCUT2D eigenvalue weighted by Crippen LogP contribution is -2.02. The summed E-state index contributed by atoms with van der Waals surface area (Å²) in [5.41, 5.74) is 5.48. The Labute approximate surface area is 125 Å². The van der Waals surface area contributed by atoms with Crippen molar-refractivity contribution in [2.24, 2.45) is 0 Å². The van der Waals surface area contributed by atoms with E-state index in [0.717, 1.165) is 11.1 Å². The van der Waals surface area contributed by atoms with E-state index in [1.807, 2.05) is 30.3 Å².